The number of hydrogen-bond acceptors (Lipinski definition) is 6. The zero-order valence-electron chi connectivity index (χ0n) is 11.6. The van der Waals surface area contributed by atoms with Gasteiger partial charge in [-0.3, -0.25) is 4.79 Å². The summed E-state index contributed by atoms with van der Waals surface area (Å²) in [6, 6.07) is 7.83. The fourth-order valence-electron chi connectivity index (χ4n) is 1.71. The largest absolute Gasteiger partial charge is 0.550 e. The van der Waals surface area contributed by atoms with Crippen LogP contribution in [0, 0.1) is 6.92 Å². The summed E-state index contributed by atoms with van der Waals surface area (Å²) in [5.74, 6) is -1.64. The average molecular weight is 304 g/mol. The van der Waals surface area contributed by atoms with Crippen LogP contribution in [0.15, 0.2) is 34.5 Å². The fraction of sp³-hybridized carbons (Fsp3) is 0.286. The maximum atomic E-state index is 11.5. The molecular formula is C14H14N3O3S-. The zero-order valence-corrected chi connectivity index (χ0v) is 12.4. The molecule has 0 bridgehead atoms. The minimum absolute atomic E-state index is 0.303. The van der Waals surface area contributed by atoms with Crippen LogP contribution in [-0.2, 0) is 9.59 Å². The Balaban J connectivity index is 2.07. The first-order valence-corrected chi connectivity index (χ1v) is 7.20. The Morgan fingerprint density at radius 2 is 2.05 bits per heavy atom. The third-order valence-electron chi connectivity index (χ3n) is 2.89. The number of hydrogen-bond donors (Lipinski definition) is 1. The van der Waals surface area contributed by atoms with E-state index in [2.05, 4.69) is 15.5 Å². The number of nitrogens with zero attached hydrogens (tertiary/aromatic N) is 2. The van der Waals surface area contributed by atoms with Gasteiger partial charge in [0.2, 0.25) is 5.91 Å². The Morgan fingerprint density at radius 1 is 1.38 bits per heavy atom. The van der Waals surface area contributed by atoms with Crippen molar-refractivity contribution in [3.8, 4) is 0 Å². The number of nitrogens with one attached hydrogen (secondary N) is 1. The smallest absolute Gasteiger partial charge is 0.239 e. The second-order valence-electron chi connectivity index (χ2n) is 4.63. The highest BCUT2D eigenvalue weighted by atomic mass is 32.2. The lowest BCUT2D eigenvalue weighted by Gasteiger charge is -2.04. The summed E-state index contributed by atoms with van der Waals surface area (Å²) in [4.78, 5) is 22.0. The number of carboxylic acid groups (broad SMARTS) is 1. The maximum absolute atomic E-state index is 11.5. The third-order valence-corrected chi connectivity index (χ3v) is 3.96. The molecule has 1 atom stereocenters. The molecule has 1 N–H and O–H groups in total. The molecule has 0 aliphatic carbocycles. The van der Waals surface area contributed by atoms with Crippen molar-refractivity contribution in [3.63, 3.8) is 0 Å². The molecule has 1 amide bonds. The summed E-state index contributed by atoms with van der Waals surface area (Å²) in [6.07, 6.45) is -0.337. The van der Waals surface area contributed by atoms with Gasteiger partial charge in [-0.25, -0.2) is 0 Å². The van der Waals surface area contributed by atoms with Crippen molar-refractivity contribution in [1.29, 1.82) is 0 Å². The van der Waals surface area contributed by atoms with Gasteiger partial charge in [-0.05, 0) is 19.4 Å². The lowest BCUT2D eigenvalue weighted by Crippen LogP contribution is -2.31. The van der Waals surface area contributed by atoms with Crippen molar-refractivity contribution in [2.75, 3.05) is 0 Å². The van der Waals surface area contributed by atoms with Crippen LogP contribution in [-0.4, -0.2) is 28.0 Å². The average Bonchev–Trinajstić information content (AvgIpc) is 2.77. The quantitative estimate of drug-likeness (QED) is 0.645. The summed E-state index contributed by atoms with van der Waals surface area (Å²) in [5.41, 5.74) is 2.80. The molecule has 0 unspecified atom stereocenters. The first-order chi connectivity index (χ1) is 9.95. The van der Waals surface area contributed by atoms with E-state index in [1.807, 2.05) is 38.1 Å². The molecule has 0 aromatic heterocycles. The fourth-order valence-corrected chi connectivity index (χ4v) is 2.61. The highest BCUT2D eigenvalue weighted by Crippen LogP contribution is 2.22. The Hall–Kier alpha value is -2.15. The van der Waals surface area contributed by atoms with Crippen LogP contribution in [0.3, 0.4) is 0 Å². The van der Waals surface area contributed by atoms with Crippen molar-refractivity contribution < 1.29 is 14.7 Å². The van der Waals surface area contributed by atoms with E-state index in [0.717, 1.165) is 22.9 Å². The van der Waals surface area contributed by atoms with Crippen LogP contribution in [0.4, 0.5) is 0 Å². The minimum Gasteiger partial charge on any atom is -0.550 e. The summed E-state index contributed by atoms with van der Waals surface area (Å²) in [6.45, 7) is 3.81. The molecule has 2 rings (SSSR count). The van der Waals surface area contributed by atoms with Gasteiger partial charge >= 0.3 is 0 Å². The number of carbonyl (C=O) groups excluding carboxylic acids is 2. The number of amidine groups is 1. The third kappa shape index (κ3) is 4.16. The topological polar surface area (TPSA) is 94.0 Å². The Morgan fingerprint density at radius 3 is 2.67 bits per heavy atom. The normalized spacial score (nSPS) is 20.7. The summed E-state index contributed by atoms with van der Waals surface area (Å²) < 4.78 is 0. The summed E-state index contributed by atoms with van der Waals surface area (Å²) in [7, 11) is 0. The van der Waals surface area contributed by atoms with Crippen LogP contribution in [0.25, 0.3) is 0 Å². The van der Waals surface area contributed by atoms with Crippen molar-refractivity contribution in [3.05, 3.63) is 35.4 Å². The van der Waals surface area contributed by atoms with E-state index in [1.54, 1.807) is 0 Å². The molecule has 1 aromatic rings. The number of thioether (sulfide) groups is 1. The summed E-state index contributed by atoms with van der Waals surface area (Å²) in [5, 5.41) is 20.6. The molecular weight excluding hydrogens is 290 g/mol. The molecule has 7 heteroatoms. The van der Waals surface area contributed by atoms with Crippen LogP contribution >= 0.6 is 11.8 Å². The van der Waals surface area contributed by atoms with Gasteiger partial charge in [0, 0.05) is 12.4 Å². The second-order valence-corrected chi connectivity index (χ2v) is 5.82. The van der Waals surface area contributed by atoms with Gasteiger partial charge in [-0.15, -0.1) is 5.10 Å². The molecule has 21 heavy (non-hydrogen) atoms. The number of carbonyl (C=O) groups is 2. The molecule has 110 valence electrons. The molecule has 0 radical (unpaired) electrons. The Labute approximate surface area is 126 Å². The van der Waals surface area contributed by atoms with E-state index in [1.165, 1.54) is 0 Å². The lowest BCUT2D eigenvalue weighted by molar-refractivity contribution is -0.305. The predicted molar refractivity (Wildman–Crippen MR) is 80.0 cm³/mol. The molecule has 1 aromatic carbocycles. The zero-order chi connectivity index (χ0) is 15.4. The van der Waals surface area contributed by atoms with Crippen molar-refractivity contribution >= 4 is 34.5 Å². The van der Waals surface area contributed by atoms with Crippen LogP contribution < -0.4 is 10.4 Å². The Bertz CT molecular complexity index is 623. The number of carboxylic acids is 1. The van der Waals surface area contributed by atoms with E-state index >= 15 is 0 Å². The van der Waals surface area contributed by atoms with Gasteiger partial charge in [0.15, 0.2) is 5.17 Å². The predicted octanol–water partition coefficient (Wildman–Crippen LogP) is 0.447. The first kappa shape index (κ1) is 15.2. The van der Waals surface area contributed by atoms with Crippen molar-refractivity contribution in [1.82, 2.24) is 5.32 Å². The molecule has 0 saturated carbocycles. The number of rotatable bonds is 4. The number of benzene rings is 1. The molecule has 1 saturated heterocycles. The van der Waals surface area contributed by atoms with E-state index in [-0.39, 0.29) is 12.3 Å². The number of amides is 1. The van der Waals surface area contributed by atoms with Gasteiger partial charge < -0.3 is 15.2 Å². The van der Waals surface area contributed by atoms with Gasteiger partial charge in [-0.2, -0.15) is 5.10 Å². The monoisotopic (exact) mass is 304 g/mol. The molecule has 6 nitrogen and oxygen atoms in total. The maximum Gasteiger partial charge on any atom is 0.239 e. The molecule has 1 aliphatic heterocycles. The van der Waals surface area contributed by atoms with Gasteiger partial charge in [0.1, 0.15) is 0 Å². The van der Waals surface area contributed by atoms with Crippen LogP contribution in [0.5, 0.6) is 0 Å². The Kier molecular flexibility index (Phi) is 4.74. The van der Waals surface area contributed by atoms with E-state index < -0.39 is 11.2 Å². The molecule has 1 aliphatic rings. The summed E-state index contributed by atoms with van der Waals surface area (Å²) >= 11 is 1.05. The SMILES string of the molecule is C/C(=N/N=C1\NC(=O)[C@@H](CC(=O)[O-])S1)c1ccc(C)cc1. The van der Waals surface area contributed by atoms with Gasteiger partial charge in [0.05, 0.1) is 11.0 Å². The van der Waals surface area contributed by atoms with Crippen molar-refractivity contribution in [2.45, 2.75) is 25.5 Å². The van der Waals surface area contributed by atoms with Crippen LogP contribution in [0.2, 0.25) is 0 Å². The second kappa shape index (κ2) is 6.53. The molecule has 1 fully saturated rings. The number of aryl methyl sites for hydroxylation is 1. The molecule has 0 spiro atoms. The van der Waals surface area contributed by atoms with E-state index in [4.69, 9.17) is 0 Å². The highest BCUT2D eigenvalue weighted by Gasteiger charge is 2.30. The minimum atomic E-state index is -1.26. The first-order valence-electron chi connectivity index (χ1n) is 6.32. The lowest BCUT2D eigenvalue weighted by atomic mass is 10.1. The van der Waals surface area contributed by atoms with E-state index in [0.29, 0.717) is 10.9 Å². The number of aliphatic carboxylic acids is 1. The molecule has 1 heterocycles. The van der Waals surface area contributed by atoms with Gasteiger partial charge in [0.25, 0.3) is 0 Å². The van der Waals surface area contributed by atoms with Crippen molar-refractivity contribution in [2.24, 2.45) is 10.2 Å². The highest BCUT2D eigenvalue weighted by molar-refractivity contribution is 8.15. The van der Waals surface area contributed by atoms with Crippen LogP contribution in [0.1, 0.15) is 24.5 Å². The van der Waals surface area contributed by atoms with Gasteiger partial charge in [-0.1, -0.05) is 41.6 Å². The standard InChI is InChI=1S/C14H15N3O3S/c1-8-3-5-10(6-4-8)9(2)16-17-14-15-13(20)11(21-14)7-12(18)19/h3-6,11H,7H2,1-2H3,(H,18,19)(H,15,17,20)/p-1/b16-9-/t11-/m1/s1. The van der Waals surface area contributed by atoms with E-state index in [9.17, 15) is 14.7 Å².